The molecule has 1 aromatic carbocycles. The lowest BCUT2D eigenvalue weighted by molar-refractivity contribution is -0.201. The summed E-state index contributed by atoms with van der Waals surface area (Å²) >= 11 is 0. The molecule has 9 heteroatoms. The van der Waals surface area contributed by atoms with Crippen LogP contribution in [-0.2, 0) is 9.59 Å². The Morgan fingerprint density at radius 3 is 2.38 bits per heavy atom. The Morgan fingerprint density at radius 2 is 1.88 bits per heavy atom. The molecule has 130 valence electrons. The molecule has 1 aliphatic rings. The Hall–Kier alpha value is -2.58. The minimum absolute atomic E-state index is 0.00234. The first-order valence-corrected chi connectivity index (χ1v) is 7.15. The summed E-state index contributed by atoms with van der Waals surface area (Å²) in [5.74, 6) is -2.60. The van der Waals surface area contributed by atoms with Crippen LogP contribution in [0, 0.1) is 13.8 Å². The molecule has 24 heavy (non-hydrogen) atoms. The van der Waals surface area contributed by atoms with E-state index in [9.17, 15) is 27.6 Å². The van der Waals surface area contributed by atoms with Gasteiger partial charge in [-0.15, -0.1) is 0 Å². The minimum atomic E-state index is -5.20. The summed E-state index contributed by atoms with van der Waals surface area (Å²) in [6.07, 6.45) is -5.47. The van der Waals surface area contributed by atoms with Crippen LogP contribution in [0.3, 0.4) is 0 Å². The molecule has 2 rings (SSSR count). The van der Waals surface area contributed by atoms with Crippen molar-refractivity contribution in [2.24, 2.45) is 0 Å². The Bertz CT molecular complexity index is 718. The van der Waals surface area contributed by atoms with Gasteiger partial charge < -0.3 is 5.32 Å². The van der Waals surface area contributed by atoms with Gasteiger partial charge >= 0.3 is 12.2 Å². The number of halogens is 3. The third kappa shape index (κ3) is 2.70. The topological polar surface area (TPSA) is 78.5 Å². The van der Waals surface area contributed by atoms with Gasteiger partial charge in [0.05, 0.1) is 5.69 Å². The van der Waals surface area contributed by atoms with Crippen molar-refractivity contribution >= 4 is 23.5 Å². The smallest absolute Gasteiger partial charge is 0.318 e. The lowest BCUT2D eigenvalue weighted by Gasteiger charge is -2.29. The maximum absolute atomic E-state index is 13.5. The number of carbonyl (C=O) groups excluding carboxylic acids is 3. The fourth-order valence-electron chi connectivity index (χ4n) is 2.27. The van der Waals surface area contributed by atoms with Crippen molar-refractivity contribution in [3.63, 3.8) is 0 Å². The van der Waals surface area contributed by atoms with Crippen molar-refractivity contribution < 1.29 is 27.6 Å². The third-order valence-electron chi connectivity index (χ3n) is 3.84. The summed E-state index contributed by atoms with van der Waals surface area (Å²) in [5, 5.41) is 3.19. The molecule has 0 bridgehead atoms. The fraction of sp³-hybridized carbons (Fsp3) is 0.400. The summed E-state index contributed by atoms with van der Waals surface area (Å²) in [4.78, 5) is 36.4. The van der Waals surface area contributed by atoms with Crippen LogP contribution < -0.4 is 15.5 Å². The normalized spacial score (nSPS) is 21.0. The summed E-state index contributed by atoms with van der Waals surface area (Å²) in [7, 11) is 0. The van der Waals surface area contributed by atoms with Gasteiger partial charge in [0.15, 0.2) is 0 Å². The maximum Gasteiger partial charge on any atom is 0.440 e. The van der Waals surface area contributed by atoms with Gasteiger partial charge in [0, 0.05) is 6.42 Å². The van der Waals surface area contributed by atoms with Crippen LogP contribution in [0.2, 0.25) is 0 Å². The maximum atomic E-state index is 13.5. The minimum Gasteiger partial charge on any atom is -0.318 e. The van der Waals surface area contributed by atoms with Crippen molar-refractivity contribution in [1.29, 1.82) is 0 Å². The molecule has 0 spiro atoms. The molecule has 1 atom stereocenters. The van der Waals surface area contributed by atoms with E-state index in [4.69, 9.17) is 0 Å². The molecule has 0 saturated carbocycles. The van der Waals surface area contributed by atoms with Crippen LogP contribution in [0.5, 0.6) is 0 Å². The lowest BCUT2D eigenvalue weighted by atomic mass is 10.1. The van der Waals surface area contributed by atoms with Crippen molar-refractivity contribution in [2.45, 2.75) is 39.0 Å². The monoisotopic (exact) mass is 343 g/mol. The van der Waals surface area contributed by atoms with Gasteiger partial charge in [-0.3, -0.25) is 14.9 Å². The fourth-order valence-corrected chi connectivity index (χ4v) is 2.27. The number of urea groups is 1. The number of alkyl halides is 3. The number of amides is 4. The van der Waals surface area contributed by atoms with Gasteiger partial charge in [0.2, 0.25) is 5.91 Å². The summed E-state index contributed by atoms with van der Waals surface area (Å²) in [5.41, 5.74) is -1.91. The number of nitrogens with one attached hydrogen (secondary N) is 2. The molecular weight excluding hydrogens is 327 g/mol. The Morgan fingerprint density at radius 1 is 1.25 bits per heavy atom. The molecule has 1 saturated heterocycles. The number of benzene rings is 1. The van der Waals surface area contributed by atoms with Crippen LogP contribution in [0.1, 0.15) is 24.5 Å². The van der Waals surface area contributed by atoms with Gasteiger partial charge in [0.25, 0.3) is 11.6 Å². The summed E-state index contributed by atoms with van der Waals surface area (Å²) in [6.45, 7) is 4.82. The predicted molar refractivity (Wildman–Crippen MR) is 79.2 cm³/mol. The highest BCUT2D eigenvalue weighted by molar-refractivity contribution is 6.24. The van der Waals surface area contributed by atoms with Crippen LogP contribution in [0.4, 0.5) is 23.7 Å². The largest absolute Gasteiger partial charge is 0.440 e. The molecule has 1 heterocycles. The number of imide groups is 1. The standard InChI is InChI=1S/C15H16F3N3O3/c1-4-11(22)19-14(15(16,17)18)12(23)21(13(24)20-14)10-6-5-8(2)9(3)7-10/h5-7H,4H2,1-3H3,(H,19,22)(H,20,24). The zero-order valence-electron chi connectivity index (χ0n) is 13.2. The van der Waals surface area contributed by atoms with Gasteiger partial charge in [-0.2, -0.15) is 13.2 Å². The average molecular weight is 343 g/mol. The highest BCUT2D eigenvalue weighted by atomic mass is 19.4. The molecule has 0 aromatic heterocycles. The van der Waals surface area contributed by atoms with E-state index in [2.05, 4.69) is 0 Å². The molecule has 1 fully saturated rings. The van der Waals surface area contributed by atoms with E-state index in [1.165, 1.54) is 19.1 Å². The van der Waals surface area contributed by atoms with E-state index in [0.29, 0.717) is 10.5 Å². The molecule has 2 N–H and O–H groups in total. The highest BCUT2D eigenvalue weighted by Gasteiger charge is 2.69. The molecule has 1 aliphatic heterocycles. The van der Waals surface area contributed by atoms with E-state index in [-0.39, 0.29) is 12.1 Å². The van der Waals surface area contributed by atoms with Crippen LogP contribution in [0.25, 0.3) is 0 Å². The van der Waals surface area contributed by atoms with Crippen molar-refractivity contribution in [1.82, 2.24) is 10.6 Å². The molecule has 6 nitrogen and oxygen atoms in total. The quantitative estimate of drug-likeness (QED) is 0.826. The second-order valence-corrected chi connectivity index (χ2v) is 5.49. The highest BCUT2D eigenvalue weighted by Crippen LogP contribution is 2.36. The number of nitrogens with zero attached hydrogens (tertiary/aromatic N) is 1. The van der Waals surface area contributed by atoms with Crippen LogP contribution in [-0.4, -0.2) is 29.7 Å². The van der Waals surface area contributed by atoms with Crippen molar-refractivity contribution in [3.05, 3.63) is 29.3 Å². The van der Waals surface area contributed by atoms with E-state index >= 15 is 0 Å². The Balaban J connectivity index is 2.51. The predicted octanol–water partition coefficient (Wildman–Crippen LogP) is 2.14. The van der Waals surface area contributed by atoms with E-state index in [0.717, 1.165) is 5.56 Å². The van der Waals surface area contributed by atoms with Gasteiger partial charge in [-0.25, -0.2) is 9.69 Å². The molecule has 0 radical (unpaired) electrons. The van der Waals surface area contributed by atoms with E-state index < -0.39 is 29.7 Å². The zero-order chi connectivity index (χ0) is 18.3. The number of hydrogen-bond acceptors (Lipinski definition) is 3. The summed E-state index contributed by atoms with van der Waals surface area (Å²) < 4.78 is 40.5. The van der Waals surface area contributed by atoms with Gasteiger partial charge in [-0.05, 0) is 37.1 Å². The molecule has 4 amide bonds. The number of anilines is 1. The number of aryl methyl sites for hydroxylation is 2. The number of carbonyl (C=O) groups is 3. The second-order valence-electron chi connectivity index (χ2n) is 5.49. The second kappa shape index (κ2) is 5.81. The van der Waals surface area contributed by atoms with Crippen LogP contribution in [0.15, 0.2) is 18.2 Å². The molecular formula is C15H16F3N3O3. The lowest BCUT2D eigenvalue weighted by Crippen LogP contribution is -2.69. The molecule has 1 unspecified atom stereocenters. The number of hydrogen-bond donors (Lipinski definition) is 2. The van der Waals surface area contributed by atoms with Crippen molar-refractivity contribution in [2.75, 3.05) is 4.90 Å². The van der Waals surface area contributed by atoms with Crippen LogP contribution >= 0.6 is 0 Å². The third-order valence-corrected chi connectivity index (χ3v) is 3.84. The molecule has 1 aromatic rings. The first-order valence-electron chi connectivity index (χ1n) is 7.15. The molecule has 0 aliphatic carbocycles. The van der Waals surface area contributed by atoms with E-state index in [1.54, 1.807) is 30.5 Å². The Labute approximate surface area is 136 Å². The SMILES string of the molecule is CCC(=O)NC1(C(F)(F)F)NC(=O)N(c2ccc(C)c(C)c2)C1=O. The Kier molecular flexibility index (Phi) is 4.30. The average Bonchev–Trinajstić information content (AvgIpc) is 2.73. The first kappa shape index (κ1) is 17.8. The summed E-state index contributed by atoms with van der Waals surface area (Å²) in [6, 6.07) is 3.13. The zero-order valence-corrected chi connectivity index (χ0v) is 13.2. The van der Waals surface area contributed by atoms with Crippen molar-refractivity contribution in [3.8, 4) is 0 Å². The van der Waals surface area contributed by atoms with E-state index in [1.807, 2.05) is 0 Å². The van der Waals surface area contributed by atoms with Gasteiger partial charge in [-0.1, -0.05) is 13.0 Å². The van der Waals surface area contributed by atoms with Gasteiger partial charge in [0.1, 0.15) is 0 Å². The first-order chi connectivity index (χ1) is 11.0. The number of rotatable bonds is 3.